The van der Waals surface area contributed by atoms with Crippen molar-refractivity contribution in [3.8, 4) is 0 Å². The molecule has 0 bridgehead atoms. The van der Waals surface area contributed by atoms with Gasteiger partial charge in [0.15, 0.2) is 9.75 Å². The van der Waals surface area contributed by atoms with E-state index in [1.54, 1.807) is 12.1 Å². The maximum atomic E-state index is 13.9. The number of imide groups is 2. The highest BCUT2D eigenvalue weighted by Gasteiger charge is 2.76. The van der Waals surface area contributed by atoms with E-state index in [-0.39, 0.29) is 36.6 Å². The van der Waals surface area contributed by atoms with Crippen molar-refractivity contribution in [1.29, 1.82) is 0 Å². The monoisotopic (exact) mass is 534 g/mol. The van der Waals surface area contributed by atoms with Crippen molar-refractivity contribution in [3.05, 3.63) is 35.3 Å². The second kappa shape index (κ2) is 8.17. The first-order chi connectivity index (χ1) is 17.1. The van der Waals surface area contributed by atoms with Crippen molar-refractivity contribution in [2.24, 2.45) is 17.8 Å². The van der Waals surface area contributed by atoms with Crippen molar-refractivity contribution in [1.82, 2.24) is 9.80 Å². The molecule has 2 aliphatic heterocycles. The molecule has 3 aliphatic carbocycles. The summed E-state index contributed by atoms with van der Waals surface area (Å²) in [6.45, 7) is -0.350. The van der Waals surface area contributed by atoms with Gasteiger partial charge in [0.2, 0.25) is 11.8 Å². The minimum absolute atomic E-state index is 0.0262. The molecule has 36 heavy (non-hydrogen) atoms. The van der Waals surface area contributed by atoms with Crippen molar-refractivity contribution < 1.29 is 28.7 Å². The number of hydrogen-bond acceptors (Lipinski definition) is 6. The van der Waals surface area contributed by atoms with E-state index in [4.69, 9.17) is 27.6 Å². The Morgan fingerprint density at radius 1 is 1.03 bits per heavy atom. The summed E-state index contributed by atoms with van der Waals surface area (Å²) in [5.74, 6) is -3.70. The number of hydrogen-bond donors (Lipinski definition) is 1. The number of halogens is 2. The molecule has 4 fully saturated rings. The Hall–Kier alpha value is -2.16. The standard InChI is InChI=1S/C26H28Cl2N2O6/c1-29-23(34)25(27)11-17-15(20(26(25,28)24(29)35)18-10-7-14(12-31)36-18)8-9-16-19(17)22(33)30(21(16)32)13-5-3-2-4-6-13/h7-8,10,13,16-17,19-20,31H,2-6,9,11-12H2,1H3/t16-,17+,19-,20+,25+,26-/m0/s1. The predicted molar refractivity (Wildman–Crippen MR) is 129 cm³/mol. The molecular formula is C26H28Cl2N2O6. The van der Waals surface area contributed by atoms with Gasteiger partial charge < -0.3 is 9.52 Å². The van der Waals surface area contributed by atoms with Crippen molar-refractivity contribution in [2.45, 2.75) is 73.3 Å². The summed E-state index contributed by atoms with van der Waals surface area (Å²) in [7, 11) is 1.35. The quantitative estimate of drug-likeness (QED) is 0.362. The number of amides is 4. The summed E-state index contributed by atoms with van der Waals surface area (Å²) in [6, 6.07) is 3.11. The van der Waals surface area contributed by atoms with Gasteiger partial charge in [0.05, 0.1) is 17.8 Å². The van der Waals surface area contributed by atoms with Crippen LogP contribution in [0.5, 0.6) is 0 Å². The van der Waals surface area contributed by atoms with Crippen LogP contribution in [0.2, 0.25) is 0 Å². The van der Waals surface area contributed by atoms with E-state index in [0.717, 1.165) is 37.0 Å². The number of carbonyl (C=O) groups excluding carboxylic acids is 4. The molecule has 192 valence electrons. The summed E-state index contributed by atoms with van der Waals surface area (Å²) in [4.78, 5) is 52.9. The minimum atomic E-state index is -1.87. The summed E-state index contributed by atoms with van der Waals surface area (Å²) in [5, 5.41) is 9.58. The average molecular weight is 535 g/mol. The SMILES string of the molecule is CN1C(=O)[C@]2(Cl)C[C@@H]3C(=CC[C@@H]4C(=O)N(C5CCCCC5)C(=O)[C@@H]43)[C@H](c3ccc(CO)o3)[C@]2(Cl)C1=O. The van der Waals surface area contributed by atoms with Gasteiger partial charge in [-0.25, -0.2) is 0 Å². The van der Waals surface area contributed by atoms with Gasteiger partial charge in [0.25, 0.3) is 11.8 Å². The average Bonchev–Trinajstić information content (AvgIpc) is 3.49. The lowest BCUT2D eigenvalue weighted by atomic mass is 9.57. The largest absolute Gasteiger partial charge is 0.463 e. The number of nitrogens with zero attached hydrogens (tertiary/aromatic N) is 2. The third kappa shape index (κ3) is 2.92. The van der Waals surface area contributed by atoms with E-state index in [1.165, 1.54) is 11.9 Å². The number of aliphatic hydroxyl groups excluding tert-OH is 1. The highest BCUT2D eigenvalue weighted by atomic mass is 35.5. The number of carbonyl (C=O) groups is 4. The molecule has 1 aromatic rings. The molecule has 5 aliphatic rings. The third-order valence-corrected chi connectivity index (χ3v) is 10.5. The van der Waals surface area contributed by atoms with E-state index in [1.807, 2.05) is 6.08 Å². The highest BCUT2D eigenvalue weighted by molar-refractivity contribution is 6.53. The van der Waals surface area contributed by atoms with Crippen molar-refractivity contribution in [3.63, 3.8) is 0 Å². The fourth-order valence-corrected chi connectivity index (χ4v) is 8.42. The van der Waals surface area contributed by atoms with Crippen LogP contribution in [0.4, 0.5) is 0 Å². The van der Waals surface area contributed by atoms with E-state index in [0.29, 0.717) is 17.8 Å². The third-order valence-electron chi connectivity index (χ3n) is 9.11. The molecule has 6 atom stereocenters. The number of likely N-dealkylation sites (tertiary alicyclic amines) is 2. The van der Waals surface area contributed by atoms with Crippen LogP contribution < -0.4 is 0 Å². The van der Waals surface area contributed by atoms with Gasteiger partial charge in [0, 0.05) is 13.1 Å². The first-order valence-corrected chi connectivity index (χ1v) is 13.4. The Morgan fingerprint density at radius 3 is 2.42 bits per heavy atom. The van der Waals surface area contributed by atoms with Gasteiger partial charge in [-0.2, -0.15) is 0 Å². The smallest absolute Gasteiger partial charge is 0.253 e. The lowest BCUT2D eigenvalue weighted by Crippen LogP contribution is -2.60. The zero-order valence-corrected chi connectivity index (χ0v) is 21.4. The molecule has 0 aromatic carbocycles. The van der Waals surface area contributed by atoms with Crippen LogP contribution >= 0.6 is 23.2 Å². The molecule has 1 N–H and O–H groups in total. The fraction of sp³-hybridized carbons (Fsp3) is 0.615. The molecule has 0 radical (unpaired) electrons. The topological polar surface area (TPSA) is 108 Å². The minimum Gasteiger partial charge on any atom is -0.463 e. The van der Waals surface area contributed by atoms with Crippen LogP contribution in [-0.4, -0.2) is 61.4 Å². The lowest BCUT2D eigenvalue weighted by molar-refractivity contribution is -0.144. The van der Waals surface area contributed by atoms with Crippen molar-refractivity contribution >= 4 is 46.8 Å². The number of aliphatic hydroxyl groups is 1. The maximum absolute atomic E-state index is 13.9. The zero-order chi connectivity index (χ0) is 25.6. The van der Waals surface area contributed by atoms with E-state index in [9.17, 15) is 24.3 Å². The molecule has 2 saturated heterocycles. The first-order valence-electron chi connectivity index (χ1n) is 12.6. The second-order valence-corrected chi connectivity index (χ2v) is 12.0. The van der Waals surface area contributed by atoms with Gasteiger partial charge in [-0.15, -0.1) is 23.2 Å². The Morgan fingerprint density at radius 2 is 1.75 bits per heavy atom. The Labute approximate surface area is 218 Å². The normalized spacial score (nSPS) is 38.8. The van der Waals surface area contributed by atoms with Gasteiger partial charge >= 0.3 is 0 Å². The Kier molecular flexibility index (Phi) is 5.49. The molecule has 10 heteroatoms. The molecule has 0 spiro atoms. The lowest BCUT2D eigenvalue weighted by Gasteiger charge is -2.49. The van der Waals surface area contributed by atoms with E-state index < -0.39 is 45.2 Å². The van der Waals surface area contributed by atoms with Gasteiger partial charge in [-0.3, -0.25) is 29.0 Å². The van der Waals surface area contributed by atoms with Gasteiger partial charge in [0.1, 0.15) is 18.1 Å². The maximum Gasteiger partial charge on any atom is 0.253 e. The van der Waals surface area contributed by atoms with Crippen LogP contribution in [0.3, 0.4) is 0 Å². The number of rotatable bonds is 3. The molecule has 0 unspecified atom stereocenters. The summed E-state index contributed by atoms with van der Waals surface area (Å²) in [5.41, 5.74) is 0.699. The van der Waals surface area contributed by atoms with E-state index in [2.05, 4.69) is 0 Å². The fourth-order valence-electron chi connectivity index (χ4n) is 7.41. The van der Waals surface area contributed by atoms with Gasteiger partial charge in [-0.1, -0.05) is 30.9 Å². The number of furan rings is 1. The van der Waals surface area contributed by atoms with Crippen LogP contribution in [0, 0.1) is 17.8 Å². The van der Waals surface area contributed by atoms with E-state index >= 15 is 0 Å². The van der Waals surface area contributed by atoms with Crippen LogP contribution in [-0.2, 0) is 25.8 Å². The molecule has 3 heterocycles. The molecule has 6 rings (SSSR count). The summed E-state index contributed by atoms with van der Waals surface area (Å²) < 4.78 is 5.86. The highest BCUT2D eigenvalue weighted by Crippen LogP contribution is 2.65. The molecule has 4 amide bonds. The predicted octanol–water partition coefficient (Wildman–Crippen LogP) is 3.09. The van der Waals surface area contributed by atoms with Crippen molar-refractivity contribution in [2.75, 3.05) is 7.05 Å². The molecule has 8 nitrogen and oxygen atoms in total. The van der Waals surface area contributed by atoms with Crippen LogP contribution in [0.25, 0.3) is 0 Å². The van der Waals surface area contributed by atoms with Gasteiger partial charge in [-0.05, 0) is 43.7 Å². The molecular weight excluding hydrogens is 507 g/mol. The second-order valence-electron chi connectivity index (χ2n) is 10.8. The Bertz CT molecular complexity index is 1200. The van der Waals surface area contributed by atoms with Crippen LogP contribution in [0.1, 0.15) is 62.4 Å². The number of fused-ring (bicyclic) bond motifs is 4. The number of allylic oxidation sites excluding steroid dienone is 2. The summed E-state index contributed by atoms with van der Waals surface area (Å²) >= 11 is 14.2. The number of alkyl halides is 2. The first kappa shape index (κ1) is 24.2. The zero-order valence-electron chi connectivity index (χ0n) is 19.9. The molecule has 1 aromatic heterocycles. The van der Waals surface area contributed by atoms with Crippen LogP contribution in [0.15, 0.2) is 28.2 Å². The summed E-state index contributed by atoms with van der Waals surface area (Å²) in [6.07, 6.45) is 6.90. The Balaban J connectivity index is 1.47. The molecule has 2 saturated carbocycles.